The number of hydrogen-bond donors (Lipinski definition) is 1. The zero-order valence-electron chi connectivity index (χ0n) is 12.2. The van der Waals surface area contributed by atoms with Gasteiger partial charge in [-0.1, -0.05) is 31.0 Å². The van der Waals surface area contributed by atoms with Gasteiger partial charge in [0.1, 0.15) is 11.6 Å². The first-order valence-electron chi connectivity index (χ1n) is 7.75. The summed E-state index contributed by atoms with van der Waals surface area (Å²) in [6.07, 6.45) is 5.19. The average molecular weight is 285 g/mol. The monoisotopic (exact) mass is 285 g/mol. The van der Waals surface area contributed by atoms with Gasteiger partial charge in [0.05, 0.1) is 11.3 Å². The van der Waals surface area contributed by atoms with Crippen LogP contribution in [0.1, 0.15) is 37.3 Å². The van der Waals surface area contributed by atoms with Gasteiger partial charge in [0.2, 0.25) is 0 Å². The summed E-state index contributed by atoms with van der Waals surface area (Å²) in [5, 5.41) is 4.64. The Labute approximate surface area is 124 Å². The zero-order valence-corrected chi connectivity index (χ0v) is 12.2. The first-order valence-corrected chi connectivity index (χ1v) is 7.75. The molecule has 2 N–H and O–H groups in total. The van der Waals surface area contributed by atoms with Gasteiger partial charge >= 0.3 is 0 Å². The topological polar surface area (TPSA) is 43.8 Å². The number of hydrogen-bond acceptors (Lipinski definition) is 2. The van der Waals surface area contributed by atoms with E-state index in [2.05, 4.69) is 5.10 Å². The number of nitrogens with zero attached hydrogens (tertiary/aromatic N) is 2. The van der Waals surface area contributed by atoms with Crippen LogP contribution < -0.4 is 5.73 Å². The average Bonchev–Trinajstić information content (AvgIpc) is 3.15. The maximum atomic E-state index is 14.2. The van der Waals surface area contributed by atoms with E-state index in [1.807, 2.05) is 13.1 Å². The number of rotatable bonds is 2. The first-order chi connectivity index (χ1) is 10.2. The van der Waals surface area contributed by atoms with Crippen molar-refractivity contribution in [3.63, 3.8) is 0 Å². The van der Waals surface area contributed by atoms with Crippen LogP contribution in [-0.2, 0) is 7.05 Å². The summed E-state index contributed by atoms with van der Waals surface area (Å²) in [7, 11) is 1.84. The van der Waals surface area contributed by atoms with Crippen LogP contribution >= 0.6 is 0 Å². The Balaban J connectivity index is 1.82. The molecule has 2 fully saturated rings. The normalized spacial score (nSPS) is 27.4. The van der Waals surface area contributed by atoms with Crippen LogP contribution in [0.4, 0.5) is 10.2 Å². The Hall–Kier alpha value is -1.84. The van der Waals surface area contributed by atoms with Crippen LogP contribution in [0.25, 0.3) is 11.1 Å². The lowest BCUT2D eigenvalue weighted by molar-refractivity contribution is 0.480. The fourth-order valence-electron chi connectivity index (χ4n) is 4.13. The van der Waals surface area contributed by atoms with Gasteiger partial charge in [0.15, 0.2) is 0 Å². The van der Waals surface area contributed by atoms with Crippen molar-refractivity contribution >= 4 is 5.82 Å². The second kappa shape index (κ2) is 4.58. The summed E-state index contributed by atoms with van der Waals surface area (Å²) < 4.78 is 15.9. The van der Waals surface area contributed by atoms with Crippen molar-refractivity contribution < 1.29 is 4.39 Å². The Morgan fingerprint density at radius 1 is 1.19 bits per heavy atom. The standard InChI is InChI=1S/C17H20FN3/c1-21-17(19)15(12-8-4-5-9-13(12)18)16(20-21)14-10-6-2-3-7-11(10)14/h4-5,8-11,14H,2-3,6-7,19H2,1H3. The second-order valence-electron chi connectivity index (χ2n) is 6.39. The number of halogens is 1. The minimum absolute atomic E-state index is 0.220. The minimum Gasteiger partial charge on any atom is -0.383 e. The number of nitrogen functional groups attached to an aromatic ring is 1. The molecule has 0 saturated heterocycles. The van der Waals surface area contributed by atoms with Gasteiger partial charge < -0.3 is 5.73 Å². The molecule has 1 aromatic carbocycles. The highest BCUT2D eigenvalue weighted by Gasteiger charge is 2.53. The third kappa shape index (κ3) is 1.88. The zero-order chi connectivity index (χ0) is 14.6. The molecular weight excluding hydrogens is 265 g/mol. The van der Waals surface area contributed by atoms with Gasteiger partial charge in [-0.2, -0.15) is 5.10 Å². The van der Waals surface area contributed by atoms with Crippen molar-refractivity contribution in [1.82, 2.24) is 9.78 Å². The van der Waals surface area contributed by atoms with Crippen molar-refractivity contribution in [2.75, 3.05) is 5.73 Å². The third-order valence-electron chi connectivity index (χ3n) is 5.23. The summed E-state index contributed by atoms with van der Waals surface area (Å²) in [5.74, 6) is 2.29. The van der Waals surface area contributed by atoms with E-state index in [1.165, 1.54) is 31.7 Å². The van der Waals surface area contributed by atoms with Gasteiger partial charge in [0.25, 0.3) is 0 Å². The smallest absolute Gasteiger partial charge is 0.131 e. The Kier molecular flexibility index (Phi) is 2.81. The number of anilines is 1. The molecule has 4 heteroatoms. The van der Waals surface area contributed by atoms with Gasteiger partial charge in [-0.3, -0.25) is 4.68 Å². The number of nitrogens with two attached hydrogens (primary N) is 1. The summed E-state index contributed by atoms with van der Waals surface area (Å²) in [4.78, 5) is 0. The first kappa shape index (κ1) is 12.9. The maximum Gasteiger partial charge on any atom is 0.131 e. The molecule has 0 bridgehead atoms. The number of fused-ring (bicyclic) bond motifs is 1. The van der Waals surface area contributed by atoms with Crippen LogP contribution in [0.3, 0.4) is 0 Å². The van der Waals surface area contributed by atoms with Crippen molar-refractivity contribution in [2.24, 2.45) is 18.9 Å². The quantitative estimate of drug-likeness (QED) is 0.914. The van der Waals surface area contributed by atoms with Gasteiger partial charge in [-0.05, 0) is 30.7 Å². The van der Waals surface area contributed by atoms with Crippen LogP contribution in [0.15, 0.2) is 24.3 Å². The van der Waals surface area contributed by atoms with E-state index in [-0.39, 0.29) is 5.82 Å². The van der Waals surface area contributed by atoms with Crippen LogP contribution in [0.5, 0.6) is 0 Å². The van der Waals surface area contributed by atoms with Gasteiger partial charge in [-0.15, -0.1) is 0 Å². The van der Waals surface area contributed by atoms with E-state index >= 15 is 0 Å². The summed E-state index contributed by atoms with van der Waals surface area (Å²) >= 11 is 0. The van der Waals surface area contributed by atoms with Crippen molar-refractivity contribution in [3.05, 3.63) is 35.8 Å². The highest BCUT2D eigenvalue weighted by atomic mass is 19.1. The molecule has 1 heterocycles. The highest BCUT2D eigenvalue weighted by molar-refractivity contribution is 5.78. The maximum absolute atomic E-state index is 14.2. The molecule has 2 saturated carbocycles. The summed E-state index contributed by atoms with van der Waals surface area (Å²) in [6, 6.07) is 6.86. The molecule has 0 radical (unpaired) electrons. The summed E-state index contributed by atoms with van der Waals surface area (Å²) in [6.45, 7) is 0. The number of benzene rings is 1. The van der Waals surface area contributed by atoms with Crippen molar-refractivity contribution in [3.8, 4) is 11.1 Å². The van der Waals surface area contributed by atoms with Gasteiger partial charge in [0, 0.05) is 18.5 Å². The van der Waals surface area contributed by atoms with Crippen molar-refractivity contribution in [1.29, 1.82) is 0 Å². The fourth-order valence-corrected chi connectivity index (χ4v) is 4.13. The van der Waals surface area contributed by atoms with E-state index in [0.29, 0.717) is 17.3 Å². The Morgan fingerprint density at radius 2 is 1.86 bits per heavy atom. The van der Waals surface area contributed by atoms with Crippen LogP contribution in [-0.4, -0.2) is 9.78 Å². The predicted octanol–water partition coefficient (Wildman–Crippen LogP) is 3.71. The lowest BCUT2D eigenvalue weighted by Crippen LogP contribution is -1.98. The highest BCUT2D eigenvalue weighted by Crippen LogP contribution is 2.62. The van der Waals surface area contributed by atoms with Crippen LogP contribution in [0.2, 0.25) is 0 Å². The SMILES string of the molecule is Cn1nc(C2C3CCCCC32)c(-c2ccccc2F)c1N. The molecule has 0 amide bonds. The molecule has 2 atom stereocenters. The molecule has 1 aromatic heterocycles. The number of aromatic nitrogens is 2. The molecule has 2 aliphatic carbocycles. The van der Waals surface area contributed by atoms with Gasteiger partial charge in [-0.25, -0.2) is 4.39 Å². The largest absolute Gasteiger partial charge is 0.383 e. The molecule has 110 valence electrons. The number of aryl methyl sites for hydroxylation is 1. The molecule has 4 rings (SSSR count). The van der Waals surface area contributed by atoms with Crippen molar-refractivity contribution in [2.45, 2.75) is 31.6 Å². The Morgan fingerprint density at radius 3 is 2.52 bits per heavy atom. The lowest BCUT2D eigenvalue weighted by atomic mass is 10.0. The fraction of sp³-hybridized carbons (Fsp3) is 0.471. The molecule has 2 unspecified atom stereocenters. The summed E-state index contributed by atoms with van der Waals surface area (Å²) in [5.41, 5.74) is 8.60. The molecule has 2 aromatic rings. The van der Waals surface area contributed by atoms with E-state index in [1.54, 1.807) is 16.8 Å². The molecular formula is C17H20FN3. The lowest BCUT2D eigenvalue weighted by Gasteiger charge is -2.05. The van der Waals surface area contributed by atoms with E-state index in [9.17, 15) is 4.39 Å². The predicted molar refractivity (Wildman–Crippen MR) is 81.2 cm³/mol. The van der Waals surface area contributed by atoms with E-state index in [0.717, 1.165) is 23.1 Å². The minimum atomic E-state index is -0.220. The molecule has 21 heavy (non-hydrogen) atoms. The second-order valence-corrected chi connectivity index (χ2v) is 6.39. The van der Waals surface area contributed by atoms with E-state index < -0.39 is 0 Å². The Bertz CT molecular complexity index is 679. The third-order valence-corrected chi connectivity index (χ3v) is 5.23. The molecule has 2 aliphatic rings. The van der Waals surface area contributed by atoms with E-state index in [4.69, 9.17) is 5.73 Å². The van der Waals surface area contributed by atoms with Crippen LogP contribution in [0, 0.1) is 17.7 Å². The molecule has 0 aliphatic heterocycles. The molecule has 3 nitrogen and oxygen atoms in total. The molecule has 0 spiro atoms.